The summed E-state index contributed by atoms with van der Waals surface area (Å²) in [6, 6.07) is 15.6. The van der Waals surface area contributed by atoms with Gasteiger partial charge in [0.25, 0.3) is 0 Å². The van der Waals surface area contributed by atoms with Gasteiger partial charge in [0.1, 0.15) is 0 Å². The molecule has 0 saturated carbocycles. The zero-order valence-electron chi connectivity index (χ0n) is 14.4. The van der Waals surface area contributed by atoms with Crippen LogP contribution in [0.1, 0.15) is 46.9 Å². The van der Waals surface area contributed by atoms with Crippen LogP contribution in [0.15, 0.2) is 60.7 Å². The predicted octanol–water partition coefficient (Wildman–Crippen LogP) is 3.28. The van der Waals surface area contributed by atoms with Crippen LogP contribution in [0.2, 0.25) is 0 Å². The number of hydrogen-bond donors (Lipinski definition) is 2. The minimum absolute atomic E-state index is 0.0810. The summed E-state index contributed by atoms with van der Waals surface area (Å²) in [7, 11) is 0. The summed E-state index contributed by atoms with van der Waals surface area (Å²) in [5.74, 6) is -1.52. The summed E-state index contributed by atoms with van der Waals surface area (Å²) in [5, 5.41) is 18.9. The number of hydrogen-bond acceptors (Lipinski definition) is 5. The lowest BCUT2D eigenvalue weighted by molar-refractivity contribution is -0.132. The van der Waals surface area contributed by atoms with Gasteiger partial charge < -0.3 is 14.9 Å². The number of benzene rings is 2. The van der Waals surface area contributed by atoms with Gasteiger partial charge in [0.2, 0.25) is 0 Å². The second-order valence-corrected chi connectivity index (χ2v) is 5.81. The molecule has 2 aromatic rings. The van der Waals surface area contributed by atoms with Crippen molar-refractivity contribution in [1.29, 1.82) is 0 Å². The molecule has 5 heteroatoms. The van der Waals surface area contributed by atoms with Crippen LogP contribution in [0.3, 0.4) is 0 Å². The largest absolute Gasteiger partial charge is 0.396 e. The zero-order valence-corrected chi connectivity index (χ0v) is 14.4. The van der Waals surface area contributed by atoms with Crippen LogP contribution in [0, 0.1) is 0 Å². The topological polar surface area (TPSA) is 83.8 Å². The number of esters is 2. The molecule has 0 radical (unpaired) electrons. The van der Waals surface area contributed by atoms with Crippen LogP contribution in [-0.2, 0) is 9.53 Å². The third-order valence-electron chi connectivity index (χ3n) is 3.80. The van der Waals surface area contributed by atoms with Crippen molar-refractivity contribution in [3.05, 3.63) is 77.4 Å². The Kier molecular flexibility index (Phi) is 7.74. The molecule has 136 valence electrons. The van der Waals surface area contributed by atoms with E-state index in [2.05, 4.69) is 0 Å². The van der Waals surface area contributed by atoms with Crippen LogP contribution in [-0.4, -0.2) is 28.8 Å². The fourth-order valence-electron chi connectivity index (χ4n) is 2.40. The van der Waals surface area contributed by atoms with E-state index in [1.54, 1.807) is 18.2 Å². The summed E-state index contributed by atoms with van der Waals surface area (Å²) in [4.78, 5) is 23.9. The Morgan fingerprint density at radius 1 is 1.04 bits per heavy atom. The zero-order chi connectivity index (χ0) is 18.8. The van der Waals surface area contributed by atoms with E-state index in [0.717, 1.165) is 5.56 Å². The molecule has 1 atom stereocenters. The van der Waals surface area contributed by atoms with Crippen molar-refractivity contribution >= 4 is 18.0 Å². The molecular weight excluding hydrogens is 332 g/mol. The number of carbonyl (C=O) groups excluding carboxylic acids is 2. The summed E-state index contributed by atoms with van der Waals surface area (Å²) in [5.41, 5.74) is 1.60. The molecule has 0 aliphatic heterocycles. The molecule has 2 aromatic carbocycles. The van der Waals surface area contributed by atoms with Crippen molar-refractivity contribution in [1.82, 2.24) is 0 Å². The quantitative estimate of drug-likeness (QED) is 0.329. The second kappa shape index (κ2) is 10.3. The predicted molar refractivity (Wildman–Crippen MR) is 98.2 cm³/mol. The van der Waals surface area contributed by atoms with Gasteiger partial charge in [-0.25, -0.2) is 9.59 Å². The van der Waals surface area contributed by atoms with E-state index in [0.29, 0.717) is 24.8 Å². The van der Waals surface area contributed by atoms with Crippen LogP contribution in [0.5, 0.6) is 0 Å². The molecule has 1 unspecified atom stereocenters. The van der Waals surface area contributed by atoms with Crippen LogP contribution in [0.4, 0.5) is 0 Å². The van der Waals surface area contributed by atoms with Gasteiger partial charge >= 0.3 is 11.9 Å². The fraction of sp³-hybridized carbons (Fsp3) is 0.238. The van der Waals surface area contributed by atoms with Gasteiger partial charge in [0, 0.05) is 12.7 Å². The maximum atomic E-state index is 12.1. The van der Waals surface area contributed by atoms with Crippen LogP contribution in [0.25, 0.3) is 6.08 Å². The van der Waals surface area contributed by atoms with E-state index in [1.807, 2.05) is 30.3 Å². The molecule has 0 heterocycles. The van der Waals surface area contributed by atoms with Gasteiger partial charge in [-0.1, -0.05) is 42.5 Å². The molecule has 0 amide bonds. The lowest BCUT2D eigenvalue weighted by Crippen LogP contribution is -2.11. The number of ether oxygens (including phenoxy) is 1. The Balaban J connectivity index is 1.95. The Hall–Kier alpha value is -2.76. The highest BCUT2D eigenvalue weighted by atomic mass is 16.6. The number of carbonyl (C=O) groups is 2. The highest BCUT2D eigenvalue weighted by molar-refractivity contribution is 6.01. The smallest absolute Gasteiger partial charge is 0.346 e. The number of rotatable bonds is 8. The van der Waals surface area contributed by atoms with E-state index in [1.165, 1.54) is 18.2 Å². The molecule has 0 aliphatic carbocycles. The monoisotopic (exact) mass is 354 g/mol. The molecule has 26 heavy (non-hydrogen) atoms. The van der Waals surface area contributed by atoms with Crippen molar-refractivity contribution in [3.63, 3.8) is 0 Å². The van der Waals surface area contributed by atoms with Crippen LogP contribution >= 0.6 is 0 Å². The van der Waals surface area contributed by atoms with Gasteiger partial charge in [0.15, 0.2) is 0 Å². The third-order valence-corrected chi connectivity index (χ3v) is 3.80. The molecule has 0 aromatic heterocycles. The maximum Gasteiger partial charge on any atom is 0.346 e. The van der Waals surface area contributed by atoms with E-state index < -0.39 is 18.0 Å². The molecule has 0 spiro atoms. The van der Waals surface area contributed by atoms with Gasteiger partial charge in [-0.15, -0.1) is 0 Å². The Morgan fingerprint density at radius 3 is 2.54 bits per heavy atom. The van der Waals surface area contributed by atoms with E-state index in [9.17, 15) is 14.7 Å². The molecular formula is C21H22O5. The molecule has 5 nitrogen and oxygen atoms in total. The van der Waals surface area contributed by atoms with Gasteiger partial charge in [0.05, 0.1) is 11.7 Å². The highest BCUT2D eigenvalue weighted by Crippen LogP contribution is 2.20. The first-order valence-corrected chi connectivity index (χ1v) is 8.48. The third kappa shape index (κ3) is 6.27. The van der Waals surface area contributed by atoms with E-state index >= 15 is 0 Å². The summed E-state index contributed by atoms with van der Waals surface area (Å²) in [6.07, 6.45) is 3.80. The first-order chi connectivity index (χ1) is 12.6. The Bertz CT molecular complexity index is 752. The first kappa shape index (κ1) is 19.6. The maximum absolute atomic E-state index is 12.1. The van der Waals surface area contributed by atoms with Crippen LogP contribution < -0.4 is 0 Å². The van der Waals surface area contributed by atoms with Gasteiger partial charge in [-0.3, -0.25) is 0 Å². The molecule has 2 N–H and O–H groups in total. The van der Waals surface area contributed by atoms with E-state index in [4.69, 9.17) is 9.84 Å². The van der Waals surface area contributed by atoms with Gasteiger partial charge in [-0.05, 0) is 48.6 Å². The molecule has 2 rings (SSSR count). The van der Waals surface area contributed by atoms with Crippen molar-refractivity contribution < 1.29 is 24.5 Å². The molecule has 0 saturated heterocycles. The minimum Gasteiger partial charge on any atom is -0.396 e. The standard InChI is InChI=1S/C21H22O5/c22-14-5-4-11-19(23)17-9-6-10-18(15-17)21(25)26-20(24)13-12-16-7-2-1-3-8-16/h1-3,6-10,12-13,15,19,22-23H,4-5,11,14H2/b13-12+. The molecule has 0 aliphatic rings. The Morgan fingerprint density at radius 2 is 1.81 bits per heavy atom. The number of aliphatic hydroxyl groups excluding tert-OH is 2. The summed E-state index contributed by atoms with van der Waals surface area (Å²) < 4.78 is 4.81. The van der Waals surface area contributed by atoms with Crippen molar-refractivity contribution in [2.75, 3.05) is 6.61 Å². The summed E-state index contributed by atoms with van der Waals surface area (Å²) >= 11 is 0. The van der Waals surface area contributed by atoms with Crippen molar-refractivity contribution in [2.45, 2.75) is 25.4 Å². The van der Waals surface area contributed by atoms with Crippen molar-refractivity contribution in [2.24, 2.45) is 0 Å². The summed E-state index contributed by atoms with van der Waals surface area (Å²) in [6.45, 7) is 0.0810. The van der Waals surface area contributed by atoms with Gasteiger partial charge in [-0.2, -0.15) is 0 Å². The Labute approximate surface area is 152 Å². The van der Waals surface area contributed by atoms with Crippen molar-refractivity contribution in [3.8, 4) is 0 Å². The molecule has 0 bridgehead atoms. The SMILES string of the molecule is O=C(/C=C/c1ccccc1)OC(=O)c1cccc(C(O)CCCCO)c1. The first-order valence-electron chi connectivity index (χ1n) is 8.48. The average molecular weight is 354 g/mol. The lowest BCUT2D eigenvalue weighted by atomic mass is 10.0. The average Bonchev–Trinajstić information content (AvgIpc) is 2.67. The molecule has 0 fully saturated rings. The number of unbranched alkanes of at least 4 members (excludes halogenated alkanes) is 1. The normalized spacial score (nSPS) is 12.1. The highest BCUT2D eigenvalue weighted by Gasteiger charge is 2.14. The number of aliphatic hydroxyl groups is 2. The fourth-order valence-corrected chi connectivity index (χ4v) is 2.40. The minimum atomic E-state index is -0.767. The van der Waals surface area contributed by atoms with E-state index in [-0.39, 0.29) is 12.2 Å². The second-order valence-electron chi connectivity index (χ2n) is 5.81. The lowest BCUT2D eigenvalue weighted by Gasteiger charge is -2.11.